The average molecular weight is 448 g/mol. The number of halogens is 1. The Labute approximate surface area is 175 Å². The summed E-state index contributed by atoms with van der Waals surface area (Å²) in [7, 11) is 0. The minimum Gasteiger partial charge on any atom is -0.423 e. The number of nitrogens with zero attached hydrogens (tertiary/aromatic N) is 1. The molecule has 0 fully saturated rings. The molecule has 29 heavy (non-hydrogen) atoms. The number of hydrogen-bond donors (Lipinski definition) is 0. The minimum absolute atomic E-state index is 0.212. The molecule has 5 nitrogen and oxygen atoms in total. The summed E-state index contributed by atoms with van der Waals surface area (Å²) in [5, 5.41) is 0. The Morgan fingerprint density at radius 1 is 0.931 bits per heavy atom. The van der Waals surface area contributed by atoms with Crippen LogP contribution in [0.25, 0.3) is 6.08 Å². The zero-order valence-corrected chi connectivity index (χ0v) is 16.6. The van der Waals surface area contributed by atoms with Crippen LogP contribution in [0, 0.1) is 0 Å². The van der Waals surface area contributed by atoms with Gasteiger partial charge in [-0.25, -0.2) is 14.6 Å². The molecule has 0 aromatic heterocycles. The maximum Gasteiger partial charge on any atom is 0.363 e. The number of benzene rings is 3. The fourth-order valence-electron chi connectivity index (χ4n) is 2.66. The standard InChI is InChI=1S/C23H14BrNO4/c24-18-10-8-17(9-11-18)22(26)28-19-12-6-15(7-13-19)14-20-23(27)29-21(25-20)16-4-2-1-3-5-16/h1-14H/b20-14-. The molecule has 0 saturated carbocycles. The zero-order chi connectivity index (χ0) is 20.2. The van der Waals surface area contributed by atoms with E-state index in [2.05, 4.69) is 20.9 Å². The highest BCUT2D eigenvalue weighted by Crippen LogP contribution is 2.21. The lowest BCUT2D eigenvalue weighted by Gasteiger charge is -2.05. The number of rotatable bonds is 4. The monoisotopic (exact) mass is 447 g/mol. The van der Waals surface area contributed by atoms with Crippen LogP contribution in [0.4, 0.5) is 0 Å². The third-order valence-electron chi connectivity index (χ3n) is 4.12. The normalized spacial score (nSPS) is 14.4. The van der Waals surface area contributed by atoms with Crippen molar-refractivity contribution in [1.29, 1.82) is 0 Å². The maximum absolute atomic E-state index is 12.2. The number of ether oxygens (including phenoxy) is 2. The lowest BCUT2D eigenvalue weighted by atomic mass is 10.2. The van der Waals surface area contributed by atoms with E-state index in [4.69, 9.17) is 9.47 Å². The Bertz CT molecular complexity index is 1120. The first-order chi connectivity index (χ1) is 14.1. The fraction of sp³-hybridized carbons (Fsp3) is 0. The second-order valence-electron chi connectivity index (χ2n) is 6.17. The van der Waals surface area contributed by atoms with E-state index in [0.29, 0.717) is 11.3 Å². The van der Waals surface area contributed by atoms with Gasteiger partial charge < -0.3 is 9.47 Å². The van der Waals surface area contributed by atoms with Crippen molar-refractivity contribution in [3.63, 3.8) is 0 Å². The van der Waals surface area contributed by atoms with Crippen molar-refractivity contribution in [2.45, 2.75) is 0 Å². The molecule has 0 atom stereocenters. The van der Waals surface area contributed by atoms with Crippen molar-refractivity contribution in [1.82, 2.24) is 0 Å². The Morgan fingerprint density at radius 3 is 2.31 bits per heavy atom. The van der Waals surface area contributed by atoms with Crippen molar-refractivity contribution in [2.75, 3.05) is 0 Å². The van der Waals surface area contributed by atoms with Crippen LogP contribution in [-0.2, 0) is 9.53 Å². The number of aliphatic imine (C=N–C) groups is 1. The van der Waals surface area contributed by atoms with Gasteiger partial charge in [0.1, 0.15) is 5.75 Å². The van der Waals surface area contributed by atoms with Gasteiger partial charge >= 0.3 is 11.9 Å². The summed E-state index contributed by atoms with van der Waals surface area (Å²) in [5.41, 5.74) is 2.14. The van der Waals surface area contributed by atoms with Crippen LogP contribution in [0.3, 0.4) is 0 Å². The van der Waals surface area contributed by atoms with Gasteiger partial charge in [-0.1, -0.05) is 46.3 Å². The first-order valence-corrected chi connectivity index (χ1v) is 9.53. The molecule has 1 heterocycles. The van der Waals surface area contributed by atoms with Gasteiger partial charge in [0.15, 0.2) is 5.70 Å². The molecule has 1 aliphatic rings. The quantitative estimate of drug-likeness (QED) is 0.320. The lowest BCUT2D eigenvalue weighted by Crippen LogP contribution is -2.08. The van der Waals surface area contributed by atoms with Crippen LogP contribution in [0.15, 0.2) is 94.0 Å². The Balaban J connectivity index is 1.48. The molecule has 1 aliphatic heterocycles. The minimum atomic E-state index is -0.505. The first-order valence-electron chi connectivity index (χ1n) is 8.74. The molecule has 0 unspecified atom stereocenters. The van der Waals surface area contributed by atoms with E-state index < -0.39 is 11.9 Å². The maximum atomic E-state index is 12.2. The molecule has 0 spiro atoms. The smallest absolute Gasteiger partial charge is 0.363 e. The van der Waals surface area contributed by atoms with Gasteiger partial charge in [0.25, 0.3) is 0 Å². The van der Waals surface area contributed by atoms with Gasteiger partial charge in [0, 0.05) is 10.0 Å². The van der Waals surface area contributed by atoms with Crippen LogP contribution >= 0.6 is 15.9 Å². The first kappa shape index (κ1) is 18.8. The molecule has 3 aromatic rings. The number of cyclic esters (lactones) is 1. The predicted octanol–water partition coefficient (Wildman–Crippen LogP) is 5.01. The summed E-state index contributed by atoms with van der Waals surface area (Å²) in [6.07, 6.45) is 1.62. The van der Waals surface area contributed by atoms with Gasteiger partial charge in [-0.15, -0.1) is 0 Å². The van der Waals surface area contributed by atoms with Crippen molar-refractivity contribution in [2.24, 2.45) is 4.99 Å². The molecule has 0 aliphatic carbocycles. The third kappa shape index (κ3) is 4.50. The highest BCUT2D eigenvalue weighted by molar-refractivity contribution is 9.10. The van der Waals surface area contributed by atoms with Gasteiger partial charge in [-0.2, -0.15) is 0 Å². The number of carbonyl (C=O) groups excluding carboxylic acids is 2. The van der Waals surface area contributed by atoms with Gasteiger partial charge in [0.2, 0.25) is 5.90 Å². The van der Waals surface area contributed by atoms with Crippen molar-refractivity contribution in [3.8, 4) is 5.75 Å². The Kier molecular flexibility index (Phi) is 5.35. The SMILES string of the molecule is O=C1OC(c2ccccc2)=N/C1=C\c1ccc(OC(=O)c2ccc(Br)cc2)cc1. The van der Waals surface area contributed by atoms with E-state index >= 15 is 0 Å². The van der Waals surface area contributed by atoms with Crippen molar-refractivity contribution < 1.29 is 19.1 Å². The number of esters is 2. The topological polar surface area (TPSA) is 65.0 Å². The van der Waals surface area contributed by atoms with Crippen LogP contribution in [-0.4, -0.2) is 17.8 Å². The molecule has 0 radical (unpaired) electrons. The predicted molar refractivity (Wildman–Crippen MR) is 113 cm³/mol. The largest absolute Gasteiger partial charge is 0.423 e. The van der Waals surface area contributed by atoms with Crippen LogP contribution in [0.1, 0.15) is 21.5 Å². The molecular formula is C23H14BrNO4. The lowest BCUT2D eigenvalue weighted by molar-refractivity contribution is -0.129. The Morgan fingerprint density at radius 2 is 1.62 bits per heavy atom. The molecule has 6 heteroatoms. The van der Waals surface area contributed by atoms with E-state index in [1.54, 1.807) is 54.6 Å². The average Bonchev–Trinajstić information content (AvgIpc) is 3.11. The molecule has 0 saturated heterocycles. The van der Waals surface area contributed by atoms with E-state index in [0.717, 1.165) is 15.6 Å². The van der Waals surface area contributed by atoms with E-state index in [1.807, 2.05) is 30.3 Å². The molecular weight excluding hydrogens is 434 g/mol. The van der Waals surface area contributed by atoms with Crippen LogP contribution in [0.2, 0.25) is 0 Å². The van der Waals surface area contributed by atoms with Crippen LogP contribution in [0.5, 0.6) is 5.75 Å². The molecule has 3 aromatic carbocycles. The molecule has 142 valence electrons. The molecule has 0 N–H and O–H groups in total. The van der Waals surface area contributed by atoms with Gasteiger partial charge in [0.05, 0.1) is 5.56 Å². The van der Waals surface area contributed by atoms with Crippen LogP contribution < -0.4 is 4.74 Å². The zero-order valence-electron chi connectivity index (χ0n) is 15.0. The fourth-order valence-corrected chi connectivity index (χ4v) is 2.92. The summed E-state index contributed by atoms with van der Waals surface area (Å²) in [6.45, 7) is 0. The number of hydrogen-bond acceptors (Lipinski definition) is 5. The van der Waals surface area contributed by atoms with E-state index in [9.17, 15) is 9.59 Å². The van der Waals surface area contributed by atoms with Gasteiger partial charge in [-0.3, -0.25) is 0 Å². The summed E-state index contributed by atoms with van der Waals surface area (Å²) < 4.78 is 11.5. The molecule has 0 amide bonds. The highest BCUT2D eigenvalue weighted by atomic mass is 79.9. The molecule has 4 rings (SSSR count). The summed E-state index contributed by atoms with van der Waals surface area (Å²) in [4.78, 5) is 28.5. The van der Waals surface area contributed by atoms with Crippen molar-refractivity contribution >= 4 is 39.8 Å². The molecule has 0 bridgehead atoms. The highest BCUT2D eigenvalue weighted by Gasteiger charge is 2.23. The second kappa shape index (κ2) is 8.24. The second-order valence-corrected chi connectivity index (χ2v) is 7.08. The summed E-state index contributed by atoms with van der Waals surface area (Å²) >= 11 is 3.33. The summed E-state index contributed by atoms with van der Waals surface area (Å²) in [6, 6.07) is 22.9. The van der Waals surface area contributed by atoms with E-state index in [-0.39, 0.29) is 11.6 Å². The van der Waals surface area contributed by atoms with Crippen molar-refractivity contribution in [3.05, 3.63) is 106 Å². The van der Waals surface area contributed by atoms with Gasteiger partial charge in [-0.05, 0) is 60.2 Å². The third-order valence-corrected chi connectivity index (χ3v) is 4.64. The Hall–Kier alpha value is -3.51. The number of carbonyl (C=O) groups is 2. The summed E-state index contributed by atoms with van der Waals surface area (Å²) in [5.74, 6) is -0.265. The van der Waals surface area contributed by atoms with E-state index in [1.165, 1.54) is 0 Å².